The fourth-order valence-electron chi connectivity index (χ4n) is 1.82. The number of carbonyl (C=O) groups excluding carboxylic acids is 1. The van der Waals surface area contributed by atoms with E-state index in [0.29, 0.717) is 11.3 Å². The smallest absolute Gasteiger partial charge is 0.744 e. The van der Waals surface area contributed by atoms with E-state index in [9.17, 15) is 17.8 Å². The number of Topliss-reactive ketones (excluding diaryl/α,β-unsaturated/α-hetero) is 1. The van der Waals surface area contributed by atoms with Gasteiger partial charge in [-0.3, -0.25) is 4.79 Å². The molecule has 2 aromatic carbocycles. The zero-order valence-electron chi connectivity index (χ0n) is 12.7. The van der Waals surface area contributed by atoms with Crippen LogP contribution in [0, 0.1) is 0 Å². The number of azide groups is 1. The molecule has 9 heteroatoms. The van der Waals surface area contributed by atoms with Crippen LogP contribution in [-0.2, 0) is 10.1 Å². The van der Waals surface area contributed by atoms with Crippen LogP contribution in [0.4, 0.5) is 5.69 Å². The van der Waals surface area contributed by atoms with E-state index < -0.39 is 20.8 Å². The van der Waals surface area contributed by atoms with Crippen LogP contribution < -0.4 is 29.6 Å². The zero-order valence-corrected chi connectivity index (χ0v) is 15.5. The summed E-state index contributed by atoms with van der Waals surface area (Å²) in [6.07, 6.45) is 0.998. The molecule has 0 saturated carbocycles. The van der Waals surface area contributed by atoms with E-state index in [2.05, 4.69) is 10.0 Å². The maximum atomic E-state index is 12.3. The predicted octanol–water partition coefficient (Wildman–Crippen LogP) is 0.401. The van der Waals surface area contributed by atoms with E-state index >= 15 is 0 Å². The second-order valence-corrected chi connectivity index (χ2v) is 5.79. The molecule has 0 unspecified atom stereocenters. The molecule has 0 bridgehead atoms. The van der Waals surface area contributed by atoms with Gasteiger partial charge in [-0.05, 0) is 17.2 Å². The Morgan fingerprint density at radius 2 is 1.67 bits per heavy atom. The van der Waals surface area contributed by atoms with Crippen molar-refractivity contribution in [2.45, 2.75) is 0 Å². The third kappa shape index (κ3) is 5.31. The van der Waals surface area contributed by atoms with Crippen molar-refractivity contribution >= 4 is 27.7 Å². The Bertz CT molecular complexity index is 903. The van der Waals surface area contributed by atoms with E-state index in [1.54, 1.807) is 18.2 Å². The van der Waals surface area contributed by atoms with Crippen molar-refractivity contribution in [1.82, 2.24) is 0 Å². The molecule has 0 heterocycles. The Morgan fingerprint density at radius 3 is 2.17 bits per heavy atom. The Kier molecular flexibility index (Phi) is 7.37. The summed E-state index contributed by atoms with van der Waals surface area (Å²) >= 11 is 0. The maximum Gasteiger partial charge on any atom is 1.00 e. The van der Waals surface area contributed by atoms with Gasteiger partial charge in [0.25, 0.3) is 0 Å². The summed E-state index contributed by atoms with van der Waals surface area (Å²) in [4.78, 5) is 14.0. The van der Waals surface area contributed by atoms with Gasteiger partial charge in [-0.2, -0.15) is 0 Å². The first-order chi connectivity index (χ1) is 10.9. The minimum atomic E-state index is -4.95. The van der Waals surface area contributed by atoms with Gasteiger partial charge in [0.15, 0.2) is 0 Å². The molecule has 2 rings (SSSR count). The van der Waals surface area contributed by atoms with Gasteiger partial charge in [-0.1, -0.05) is 59.7 Å². The van der Waals surface area contributed by atoms with Crippen LogP contribution in [0.5, 0.6) is 0 Å². The van der Waals surface area contributed by atoms with Crippen molar-refractivity contribution in [3.05, 3.63) is 81.1 Å². The predicted molar refractivity (Wildman–Crippen MR) is 83.7 cm³/mol. The topological polar surface area (TPSA) is 123 Å². The van der Waals surface area contributed by atoms with Crippen LogP contribution in [0.15, 0.2) is 64.6 Å². The normalized spacial score (nSPS) is 11.1. The van der Waals surface area contributed by atoms with Crippen LogP contribution in [-0.4, -0.2) is 18.8 Å². The first-order valence-corrected chi connectivity index (χ1v) is 7.75. The molecule has 7 nitrogen and oxygen atoms in total. The van der Waals surface area contributed by atoms with Crippen LogP contribution in [0.1, 0.15) is 15.9 Å². The molecule has 0 N–H and O–H groups in total. The summed E-state index contributed by atoms with van der Waals surface area (Å²) in [5, 5.41) is 3.37. The number of hydrogen-bond acceptors (Lipinski definition) is 5. The summed E-state index contributed by atoms with van der Waals surface area (Å²) in [6.45, 7) is 0. The van der Waals surface area contributed by atoms with Gasteiger partial charge < -0.3 is 4.55 Å². The van der Waals surface area contributed by atoms with Crippen molar-refractivity contribution in [3.8, 4) is 0 Å². The molecule has 116 valence electrons. The average Bonchev–Trinajstić information content (AvgIpc) is 2.53. The largest absolute Gasteiger partial charge is 1.00 e. The van der Waals surface area contributed by atoms with Gasteiger partial charge in [-0.25, -0.2) is 8.42 Å². The van der Waals surface area contributed by atoms with Crippen LogP contribution in [0.25, 0.3) is 16.5 Å². The average molecular weight is 351 g/mol. The van der Waals surface area contributed by atoms with Gasteiger partial charge in [-0.15, -0.1) is 0 Å². The molecular formula is C15H10N3NaO4S. The Hall–Kier alpha value is -1.93. The molecule has 0 radical (unpaired) electrons. The molecule has 0 amide bonds. The first kappa shape index (κ1) is 20.1. The standard InChI is InChI=1S/C15H11N3O4S.Na/c16-18-17-13-8-6-11(7-9-13)10-14(23(20,21)22)15(19)12-4-2-1-3-5-12;/h1-10H,(H,20,21,22);/q;+1/p-1/b14-10-;. The molecule has 0 aliphatic carbocycles. The molecular weight excluding hydrogens is 341 g/mol. The number of hydrogen-bond donors (Lipinski definition) is 0. The van der Waals surface area contributed by atoms with Crippen LogP contribution in [0.3, 0.4) is 0 Å². The van der Waals surface area contributed by atoms with Gasteiger partial charge in [0.05, 0.1) is 0 Å². The SMILES string of the molecule is [N-]=[N+]=Nc1ccc(/C=C(/C(=O)c2ccccc2)S(=O)(=O)[O-])cc1.[Na+]. The molecule has 0 fully saturated rings. The number of carbonyl (C=O) groups is 1. The minimum Gasteiger partial charge on any atom is -0.744 e. The summed E-state index contributed by atoms with van der Waals surface area (Å²) < 4.78 is 34.2. The second-order valence-electron chi connectivity index (χ2n) is 4.44. The molecule has 0 saturated heterocycles. The molecule has 2 aromatic rings. The summed E-state index contributed by atoms with van der Waals surface area (Å²) in [6, 6.07) is 13.4. The first-order valence-electron chi connectivity index (χ1n) is 6.34. The van der Waals surface area contributed by atoms with E-state index in [-0.39, 0.29) is 35.1 Å². The summed E-state index contributed by atoms with van der Waals surface area (Å²) in [5.74, 6) is -0.875. The molecule has 0 aromatic heterocycles. The van der Waals surface area contributed by atoms with Crippen molar-refractivity contribution < 1.29 is 47.3 Å². The number of nitrogens with zero attached hydrogens (tertiary/aromatic N) is 3. The minimum absolute atomic E-state index is 0. The number of benzene rings is 2. The Labute approximate surface area is 160 Å². The van der Waals surface area contributed by atoms with E-state index in [1.807, 2.05) is 0 Å². The van der Waals surface area contributed by atoms with Gasteiger partial charge >= 0.3 is 29.6 Å². The molecule has 0 aliphatic rings. The third-order valence-electron chi connectivity index (χ3n) is 2.88. The van der Waals surface area contributed by atoms with Gasteiger partial charge in [0.2, 0.25) is 5.78 Å². The van der Waals surface area contributed by atoms with Crippen molar-refractivity contribution in [1.29, 1.82) is 0 Å². The Balaban J connectivity index is 0.00000288. The maximum absolute atomic E-state index is 12.3. The van der Waals surface area contributed by atoms with Crippen LogP contribution in [0.2, 0.25) is 0 Å². The summed E-state index contributed by atoms with van der Waals surface area (Å²) in [7, 11) is -4.95. The van der Waals surface area contributed by atoms with E-state index in [0.717, 1.165) is 6.08 Å². The molecule has 0 aliphatic heterocycles. The number of allylic oxidation sites excluding steroid dienone is 1. The Morgan fingerprint density at radius 1 is 1.08 bits per heavy atom. The molecule has 0 spiro atoms. The quantitative estimate of drug-likeness (QED) is 0.147. The van der Waals surface area contributed by atoms with Crippen molar-refractivity contribution in [3.63, 3.8) is 0 Å². The molecule has 24 heavy (non-hydrogen) atoms. The van der Waals surface area contributed by atoms with E-state index in [4.69, 9.17) is 5.53 Å². The van der Waals surface area contributed by atoms with Gasteiger partial charge in [0.1, 0.15) is 15.0 Å². The van der Waals surface area contributed by atoms with Crippen molar-refractivity contribution in [2.75, 3.05) is 0 Å². The fourth-order valence-corrected chi connectivity index (χ4v) is 2.45. The molecule has 0 atom stereocenters. The van der Waals surface area contributed by atoms with E-state index in [1.165, 1.54) is 36.4 Å². The second kappa shape index (κ2) is 8.79. The zero-order chi connectivity index (χ0) is 16.9. The van der Waals surface area contributed by atoms with Gasteiger partial charge in [0, 0.05) is 16.2 Å². The van der Waals surface area contributed by atoms with Crippen LogP contribution >= 0.6 is 0 Å². The van der Waals surface area contributed by atoms with Crippen molar-refractivity contribution in [2.24, 2.45) is 5.11 Å². The number of rotatable bonds is 5. The number of ketones is 1. The summed E-state index contributed by atoms with van der Waals surface area (Å²) in [5.41, 5.74) is 9.07. The fraction of sp³-hybridized carbons (Fsp3) is 0. The third-order valence-corrected chi connectivity index (χ3v) is 3.72. The monoisotopic (exact) mass is 351 g/mol.